The van der Waals surface area contributed by atoms with Crippen molar-refractivity contribution in [3.8, 4) is 0 Å². The Balaban J connectivity index is 2.91. The lowest BCUT2D eigenvalue weighted by atomic mass is 10.1. The molecule has 0 radical (unpaired) electrons. The predicted octanol–water partition coefficient (Wildman–Crippen LogP) is -0.310. The van der Waals surface area contributed by atoms with Crippen LogP contribution in [0.3, 0.4) is 0 Å². The second kappa shape index (κ2) is 6.19. The van der Waals surface area contributed by atoms with Crippen LogP contribution in [0.15, 0.2) is 0 Å². The molecular weight excluding hydrogens is 294 g/mol. The summed E-state index contributed by atoms with van der Waals surface area (Å²) >= 11 is 0. The van der Waals surface area contributed by atoms with Crippen LogP contribution in [-0.4, -0.2) is 62.6 Å². The average molecular weight is 313 g/mol. The molecule has 1 rings (SSSR count). The molecule has 1 saturated heterocycles. The van der Waals surface area contributed by atoms with E-state index in [1.165, 1.54) is 0 Å². The third kappa shape index (κ3) is 5.07. The zero-order valence-electron chi connectivity index (χ0n) is 10.8. The SMILES string of the molecule is CS(=O)(=O)CCS(=O)(=O)N1CCCCCC1C(=O)O. The monoisotopic (exact) mass is 313 g/mol. The predicted molar refractivity (Wildman–Crippen MR) is 70.1 cm³/mol. The Hall–Kier alpha value is -0.670. The number of sulfonamides is 1. The molecule has 0 aromatic heterocycles. The number of rotatable bonds is 5. The summed E-state index contributed by atoms with van der Waals surface area (Å²) in [5, 5.41) is 9.10. The van der Waals surface area contributed by atoms with E-state index in [1.54, 1.807) is 0 Å². The van der Waals surface area contributed by atoms with Gasteiger partial charge < -0.3 is 5.11 Å². The highest BCUT2D eigenvalue weighted by atomic mass is 32.2. The van der Waals surface area contributed by atoms with E-state index in [1.807, 2.05) is 0 Å². The number of carbonyl (C=O) groups is 1. The van der Waals surface area contributed by atoms with Crippen LogP contribution < -0.4 is 0 Å². The largest absolute Gasteiger partial charge is 0.480 e. The second-order valence-electron chi connectivity index (χ2n) is 4.76. The van der Waals surface area contributed by atoms with Gasteiger partial charge in [-0.05, 0) is 12.8 Å². The molecule has 1 aliphatic heterocycles. The van der Waals surface area contributed by atoms with Crippen molar-refractivity contribution in [3.63, 3.8) is 0 Å². The van der Waals surface area contributed by atoms with Gasteiger partial charge in [-0.1, -0.05) is 12.8 Å². The van der Waals surface area contributed by atoms with Gasteiger partial charge in [0.1, 0.15) is 15.9 Å². The van der Waals surface area contributed by atoms with Gasteiger partial charge in [0.25, 0.3) is 0 Å². The minimum atomic E-state index is -3.86. The molecule has 1 atom stereocenters. The summed E-state index contributed by atoms with van der Waals surface area (Å²) in [6.07, 6.45) is 3.27. The highest BCUT2D eigenvalue weighted by Crippen LogP contribution is 2.20. The van der Waals surface area contributed by atoms with Gasteiger partial charge >= 0.3 is 5.97 Å². The van der Waals surface area contributed by atoms with Crippen LogP contribution in [-0.2, 0) is 24.7 Å². The van der Waals surface area contributed by atoms with Crippen molar-refractivity contribution >= 4 is 25.8 Å². The van der Waals surface area contributed by atoms with Gasteiger partial charge in [-0.15, -0.1) is 0 Å². The van der Waals surface area contributed by atoms with Crippen molar-refractivity contribution in [3.05, 3.63) is 0 Å². The lowest BCUT2D eigenvalue weighted by Gasteiger charge is -2.25. The van der Waals surface area contributed by atoms with Gasteiger partial charge in [-0.2, -0.15) is 4.31 Å². The zero-order valence-corrected chi connectivity index (χ0v) is 12.4. The van der Waals surface area contributed by atoms with E-state index in [-0.39, 0.29) is 13.0 Å². The van der Waals surface area contributed by atoms with Gasteiger partial charge in [-0.25, -0.2) is 16.8 Å². The number of hydrogen-bond donors (Lipinski definition) is 1. The molecular formula is C10H19NO6S2. The van der Waals surface area contributed by atoms with Gasteiger partial charge in [0.05, 0.1) is 11.5 Å². The van der Waals surface area contributed by atoms with Crippen LogP contribution in [0.25, 0.3) is 0 Å². The molecule has 1 aliphatic rings. The van der Waals surface area contributed by atoms with Gasteiger partial charge in [0.2, 0.25) is 10.0 Å². The molecule has 0 saturated carbocycles. The molecule has 9 heteroatoms. The van der Waals surface area contributed by atoms with Gasteiger partial charge in [0.15, 0.2) is 0 Å². The number of carboxylic acids is 1. The van der Waals surface area contributed by atoms with Crippen LogP contribution in [0, 0.1) is 0 Å². The minimum Gasteiger partial charge on any atom is -0.480 e. The summed E-state index contributed by atoms with van der Waals surface area (Å²) in [5.74, 6) is -2.22. The van der Waals surface area contributed by atoms with Crippen molar-refractivity contribution < 1.29 is 26.7 Å². The minimum absolute atomic E-state index is 0.142. The molecule has 1 fully saturated rings. The Bertz CT molecular complexity index is 524. The molecule has 0 aromatic carbocycles. The van der Waals surface area contributed by atoms with E-state index < -0.39 is 43.4 Å². The molecule has 0 aromatic rings. The summed E-state index contributed by atoms with van der Waals surface area (Å²) in [7, 11) is -7.26. The number of carboxylic acid groups (broad SMARTS) is 1. The average Bonchev–Trinajstić information content (AvgIpc) is 2.51. The fraction of sp³-hybridized carbons (Fsp3) is 0.900. The van der Waals surface area contributed by atoms with Gasteiger partial charge in [0, 0.05) is 12.8 Å². The summed E-state index contributed by atoms with van der Waals surface area (Å²) in [6, 6.07) is -1.08. The Morgan fingerprint density at radius 3 is 2.32 bits per heavy atom. The summed E-state index contributed by atoms with van der Waals surface area (Å²) in [5.41, 5.74) is 0. The number of sulfone groups is 1. The molecule has 0 bridgehead atoms. The van der Waals surface area contributed by atoms with Crippen LogP contribution in [0.2, 0.25) is 0 Å². The fourth-order valence-electron chi connectivity index (χ4n) is 2.04. The molecule has 0 spiro atoms. The molecule has 0 amide bonds. The Morgan fingerprint density at radius 1 is 1.16 bits per heavy atom. The Morgan fingerprint density at radius 2 is 1.79 bits per heavy atom. The van der Waals surface area contributed by atoms with Crippen LogP contribution in [0.5, 0.6) is 0 Å². The van der Waals surface area contributed by atoms with Crippen LogP contribution >= 0.6 is 0 Å². The van der Waals surface area contributed by atoms with Crippen molar-refractivity contribution in [2.45, 2.75) is 31.7 Å². The van der Waals surface area contributed by atoms with E-state index in [4.69, 9.17) is 5.11 Å². The van der Waals surface area contributed by atoms with E-state index in [0.29, 0.717) is 12.8 Å². The molecule has 112 valence electrons. The van der Waals surface area contributed by atoms with Crippen molar-refractivity contribution in [2.24, 2.45) is 0 Å². The molecule has 0 aliphatic carbocycles. The number of nitrogens with zero attached hydrogens (tertiary/aromatic N) is 1. The highest BCUT2D eigenvalue weighted by Gasteiger charge is 2.35. The quantitative estimate of drug-likeness (QED) is 0.745. The summed E-state index contributed by atoms with van der Waals surface area (Å²) in [6.45, 7) is 0.142. The maximum absolute atomic E-state index is 12.1. The number of hydrogen-bond acceptors (Lipinski definition) is 5. The maximum atomic E-state index is 12.1. The number of aliphatic carboxylic acids is 1. The smallest absolute Gasteiger partial charge is 0.322 e. The lowest BCUT2D eigenvalue weighted by Crippen LogP contribution is -2.46. The third-order valence-electron chi connectivity index (χ3n) is 3.06. The summed E-state index contributed by atoms with van der Waals surface area (Å²) in [4.78, 5) is 11.1. The first kappa shape index (κ1) is 16.4. The molecule has 1 N–H and O–H groups in total. The van der Waals surface area contributed by atoms with Crippen molar-refractivity contribution in [2.75, 3.05) is 24.3 Å². The normalized spacial score (nSPS) is 22.9. The highest BCUT2D eigenvalue weighted by molar-refractivity contribution is 7.93. The Labute approximate surface area is 113 Å². The zero-order chi connectivity index (χ0) is 14.7. The van der Waals surface area contributed by atoms with E-state index in [2.05, 4.69) is 0 Å². The first-order valence-corrected chi connectivity index (χ1v) is 9.70. The summed E-state index contributed by atoms with van der Waals surface area (Å²) < 4.78 is 47.2. The Kier molecular flexibility index (Phi) is 5.34. The first-order valence-electron chi connectivity index (χ1n) is 6.03. The lowest BCUT2D eigenvalue weighted by molar-refractivity contribution is -0.141. The molecule has 19 heavy (non-hydrogen) atoms. The standard InChI is InChI=1S/C10H19NO6S2/c1-18(14,15)7-8-19(16,17)11-6-4-2-3-5-9(11)10(12)13/h9H,2-8H2,1H3,(H,12,13). The topological polar surface area (TPSA) is 109 Å². The molecule has 1 heterocycles. The van der Waals surface area contributed by atoms with Crippen molar-refractivity contribution in [1.82, 2.24) is 4.31 Å². The van der Waals surface area contributed by atoms with Crippen molar-refractivity contribution in [1.29, 1.82) is 0 Å². The maximum Gasteiger partial charge on any atom is 0.322 e. The van der Waals surface area contributed by atoms with E-state index in [9.17, 15) is 21.6 Å². The van der Waals surface area contributed by atoms with E-state index >= 15 is 0 Å². The van der Waals surface area contributed by atoms with Crippen LogP contribution in [0.4, 0.5) is 0 Å². The van der Waals surface area contributed by atoms with Crippen LogP contribution in [0.1, 0.15) is 25.7 Å². The first-order chi connectivity index (χ1) is 8.63. The fourth-order valence-corrected chi connectivity index (χ4v) is 5.31. The third-order valence-corrected chi connectivity index (χ3v) is 6.13. The second-order valence-corrected chi connectivity index (χ2v) is 9.06. The van der Waals surface area contributed by atoms with E-state index in [0.717, 1.165) is 17.0 Å². The van der Waals surface area contributed by atoms with Gasteiger partial charge in [-0.3, -0.25) is 4.79 Å². The molecule has 1 unspecified atom stereocenters. The molecule has 7 nitrogen and oxygen atoms in total.